The van der Waals surface area contributed by atoms with E-state index in [-0.39, 0.29) is 0 Å². The van der Waals surface area contributed by atoms with Crippen LogP contribution in [0.3, 0.4) is 0 Å². The number of H-pyrrole nitrogens is 1. The molecule has 0 radical (unpaired) electrons. The van der Waals surface area contributed by atoms with E-state index >= 15 is 0 Å². The van der Waals surface area contributed by atoms with Gasteiger partial charge in [-0.1, -0.05) is 5.16 Å². The van der Waals surface area contributed by atoms with Crippen LogP contribution in [0.2, 0.25) is 0 Å². The summed E-state index contributed by atoms with van der Waals surface area (Å²) >= 11 is 0. The number of nitrogens with zero attached hydrogens (tertiary/aromatic N) is 2. The van der Waals surface area contributed by atoms with Gasteiger partial charge in [-0.25, -0.2) is 0 Å². The lowest BCUT2D eigenvalue weighted by Gasteiger charge is -1.96. The van der Waals surface area contributed by atoms with E-state index in [1.165, 1.54) is 0 Å². The molecule has 0 aromatic carbocycles. The van der Waals surface area contributed by atoms with Gasteiger partial charge in [0.25, 0.3) is 0 Å². The summed E-state index contributed by atoms with van der Waals surface area (Å²) in [6, 6.07) is 3.57. The van der Waals surface area contributed by atoms with Gasteiger partial charge in [-0.3, -0.25) is 5.10 Å². The van der Waals surface area contributed by atoms with E-state index in [4.69, 9.17) is 15.0 Å². The number of aryl methyl sites for hydroxylation is 1. The van der Waals surface area contributed by atoms with Crippen LogP contribution in [0.25, 0.3) is 0 Å². The van der Waals surface area contributed by atoms with Crippen LogP contribution in [-0.2, 0) is 13.2 Å². The summed E-state index contributed by atoms with van der Waals surface area (Å²) < 4.78 is 10.3. The Balaban J connectivity index is 1.93. The molecular formula is C9H12N4O2. The van der Waals surface area contributed by atoms with Crippen molar-refractivity contribution in [2.75, 3.05) is 0 Å². The molecule has 0 fully saturated rings. The molecule has 0 saturated heterocycles. The van der Waals surface area contributed by atoms with E-state index in [1.54, 1.807) is 12.1 Å². The van der Waals surface area contributed by atoms with Gasteiger partial charge in [-0.2, -0.15) is 0 Å². The van der Waals surface area contributed by atoms with E-state index in [2.05, 4.69) is 15.4 Å². The third-order valence-electron chi connectivity index (χ3n) is 1.86. The molecule has 0 aliphatic rings. The Kier molecular flexibility index (Phi) is 2.68. The largest absolute Gasteiger partial charge is 0.468 e. The standard InChI is InChI=1S/C9H12N4O2/c1-6-2-9(12-11-6)14-5-8-3-7(4-10)13-15-8/h2-3H,4-5,10H2,1H3,(H,11,12). The Morgan fingerprint density at radius 1 is 1.53 bits per heavy atom. The van der Waals surface area contributed by atoms with Gasteiger partial charge >= 0.3 is 0 Å². The highest BCUT2D eigenvalue weighted by Crippen LogP contribution is 2.10. The fourth-order valence-corrected chi connectivity index (χ4v) is 1.13. The Hall–Kier alpha value is -1.82. The first kappa shape index (κ1) is 9.72. The molecule has 80 valence electrons. The zero-order valence-corrected chi connectivity index (χ0v) is 8.36. The quantitative estimate of drug-likeness (QED) is 0.773. The summed E-state index contributed by atoms with van der Waals surface area (Å²) in [4.78, 5) is 0. The molecule has 0 spiro atoms. The van der Waals surface area contributed by atoms with Crippen molar-refractivity contribution in [2.24, 2.45) is 5.73 Å². The molecule has 0 amide bonds. The number of ether oxygens (including phenoxy) is 1. The van der Waals surface area contributed by atoms with Crippen LogP contribution in [0.15, 0.2) is 16.7 Å². The van der Waals surface area contributed by atoms with E-state index < -0.39 is 0 Å². The highest BCUT2D eigenvalue weighted by molar-refractivity contribution is 5.13. The minimum Gasteiger partial charge on any atom is -0.468 e. The molecule has 2 heterocycles. The maximum Gasteiger partial charge on any atom is 0.233 e. The minimum atomic E-state index is 0.303. The van der Waals surface area contributed by atoms with Crippen LogP contribution in [-0.4, -0.2) is 15.4 Å². The number of rotatable bonds is 4. The highest BCUT2D eigenvalue weighted by atomic mass is 16.5. The SMILES string of the molecule is Cc1cc(OCc2cc(CN)no2)n[nH]1. The number of hydrogen-bond acceptors (Lipinski definition) is 5. The molecule has 0 aliphatic heterocycles. The number of nitrogens with one attached hydrogen (secondary N) is 1. The second-order valence-corrected chi connectivity index (χ2v) is 3.17. The first-order valence-electron chi connectivity index (χ1n) is 4.57. The van der Waals surface area contributed by atoms with Gasteiger partial charge in [-0.05, 0) is 6.92 Å². The van der Waals surface area contributed by atoms with Gasteiger partial charge in [0.15, 0.2) is 12.4 Å². The maximum atomic E-state index is 5.39. The molecule has 2 aromatic rings. The topological polar surface area (TPSA) is 90.0 Å². The molecule has 0 atom stereocenters. The third-order valence-corrected chi connectivity index (χ3v) is 1.86. The Morgan fingerprint density at radius 3 is 3.00 bits per heavy atom. The summed E-state index contributed by atoms with van der Waals surface area (Å²) in [5.74, 6) is 1.18. The Morgan fingerprint density at radius 2 is 2.40 bits per heavy atom. The maximum absolute atomic E-state index is 5.39. The fourth-order valence-electron chi connectivity index (χ4n) is 1.13. The van der Waals surface area contributed by atoms with Gasteiger partial charge < -0.3 is 15.0 Å². The first-order chi connectivity index (χ1) is 7.28. The normalized spacial score (nSPS) is 10.5. The molecule has 0 saturated carbocycles. The molecule has 6 nitrogen and oxygen atoms in total. The predicted molar refractivity (Wildman–Crippen MR) is 52.1 cm³/mol. The monoisotopic (exact) mass is 208 g/mol. The van der Waals surface area contributed by atoms with Gasteiger partial charge in [0.2, 0.25) is 5.88 Å². The second-order valence-electron chi connectivity index (χ2n) is 3.17. The van der Waals surface area contributed by atoms with Crippen molar-refractivity contribution in [1.82, 2.24) is 15.4 Å². The molecule has 3 N–H and O–H groups in total. The van der Waals surface area contributed by atoms with E-state index in [0.29, 0.717) is 30.5 Å². The molecule has 15 heavy (non-hydrogen) atoms. The third kappa shape index (κ3) is 2.35. The lowest BCUT2D eigenvalue weighted by Crippen LogP contribution is -1.96. The van der Waals surface area contributed by atoms with E-state index in [1.807, 2.05) is 6.92 Å². The van der Waals surface area contributed by atoms with Crippen LogP contribution in [0.4, 0.5) is 0 Å². The minimum absolute atomic E-state index is 0.303. The number of aromatic nitrogens is 3. The average molecular weight is 208 g/mol. The number of hydrogen-bond donors (Lipinski definition) is 2. The predicted octanol–water partition coefficient (Wildman–Crippen LogP) is 0.744. The molecule has 2 rings (SSSR count). The molecule has 0 aliphatic carbocycles. The molecule has 2 aromatic heterocycles. The van der Waals surface area contributed by atoms with Crippen molar-refractivity contribution in [3.05, 3.63) is 29.3 Å². The van der Waals surface area contributed by atoms with Gasteiger partial charge in [-0.15, -0.1) is 5.10 Å². The van der Waals surface area contributed by atoms with Crippen molar-refractivity contribution >= 4 is 0 Å². The molecule has 0 bridgehead atoms. The summed E-state index contributed by atoms with van der Waals surface area (Å²) in [7, 11) is 0. The summed E-state index contributed by atoms with van der Waals surface area (Å²) in [6.45, 7) is 2.57. The smallest absolute Gasteiger partial charge is 0.233 e. The zero-order chi connectivity index (χ0) is 10.7. The van der Waals surface area contributed by atoms with Crippen LogP contribution in [0, 0.1) is 6.92 Å². The highest BCUT2D eigenvalue weighted by Gasteiger charge is 2.04. The van der Waals surface area contributed by atoms with Crippen molar-refractivity contribution in [3.8, 4) is 5.88 Å². The first-order valence-corrected chi connectivity index (χ1v) is 4.57. The van der Waals surface area contributed by atoms with Gasteiger partial charge in [0.1, 0.15) is 0 Å². The number of nitrogens with two attached hydrogens (primary N) is 1. The van der Waals surface area contributed by atoms with Crippen LogP contribution >= 0.6 is 0 Å². The molecule has 6 heteroatoms. The van der Waals surface area contributed by atoms with Crippen LogP contribution < -0.4 is 10.5 Å². The van der Waals surface area contributed by atoms with Gasteiger partial charge in [0, 0.05) is 24.4 Å². The summed E-state index contributed by atoms with van der Waals surface area (Å²) in [5, 5.41) is 10.4. The second kappa shape index (κ2) is 4.14. The lowest BCUT2D eigenvalue weighted by atomic mass is 10.4. The zero-order valence-electron chi connectivity index (χ0n) is 8.36. The van der Waals surface area contributed by atoms with Crippen LogP contribution in [0.5, 0.6) is 5.88 Å². The molecule has 0 unspecified atom stereocenters. The Labute approximate surface area is 86.4 Å². The van der Waals surface area contributed by atoms with Crippen LogP contribution in [0.1, 0.15) is 17.1 Å². The average Bonchev–Trinajstić information content (AvgIpc) is 2.83. The fraction of sp³-hybridized carbons (Fsp3) is 0.333. The van der Waals surface area contributed by atoms with Crippen molar-refractivity contribution < 1.29 is 9.26 Å². The van der Waals surface area contributed by atoms with Crippen molar-refractivity contribution in [3.63, 3.8) is 0 Å². The van der Waals surface area contributed by atoms with E-state index in [0.717, 1.165) is 5.69 Å². The lowest BCUT2D eigenvalue weighted by molar-refractivity contribution is 0.240. The Bertz CT molecular complexity index is 435. The van der Waals surface area contributed by atoms with Gasteiger partial charge in [0.05, 0.1) is 5.69 Å². The van der Waals surface area contributed by atoms with Crippen molar-refractivity contribution in [2.45, 2.75) is 20.1 Å². The molecular weight excluding hydrogens is 196 g/mol. The van der Waals surface area contributed by atoms with Crippen molar-refractivity contribution in [1.29, 1.82) is 0 Å². The number of aromatic amines is 1. The summed E-state index contributed by atoms with van der Waals surface area (Å²) in [5.41, 5.74) is 7.06. The summed E-state index contributed by atoms with van der Waals surface area (Å²) in [6.07, 6.45) is 0. The van der Waals surface area contributed by atoms with E-state index in [9.17, 15) is 0 Å².